The Morgan fingerprint density at radius 2 is 1.67 bits per heavy atom. The predicted octanol–water partition coefficient (Wildman–Crippen LogP) is 2.80. The standard InChI is InChI=1S/C24H23N3O5S/c28-24(26-25-16-20-11-12-22-23(15-20)32-18-31-22)17-27(14-13-19-7-3-1-4-8-19)33(29,30)21-9-5-2-6-10-21/h1-12,15-16H,13-14,17-18H2,(H,26,28)/b25-16+. The van der Waals surface area contributed by atoms with Crippen LogP contribution in [0.2, 0.25) is 0 Å². The quantitative estimate of drug-likeness (QED) is 0.387. The molecule has 0 aromatic heterocycles. The average molecular weight is 466 g/mol. The Labute approximate surface area is 192 Å². The molecule has 170 valence electrons. The molecule has 9 heteroatoms. The summed E-state index contributed by atoms with van der Waals surface area (Å²) in [6, 6.07) is 22.9. The Hall–Kier alpha value is -3.69. The van der Waals surface area contributed by atoms with Gasteiger partial charge >= 0.3 is 0 Å². The Bertz CT molecular complexity index is 1230. The molecule has 1 amide bonds. The number of hydrogen-bond acceptors (Lipinski definition) is 6. The van der Waals surface area contributed by atoms with Gasteiger partial charge in [0, 0.05) is 6.54 Å². The van der Waals surface area contributed by atoms with E-state index in [0.29, 0.717) is 23.5 Å². The molecule has 1 aliphatic heterocycles. The first-order valence-corrected chi connectivity index (χ1v) is 11.8. The summed E-state index contributed by atoms with van der Waals surface area (Å²) in [6.07, 6.45) is 1.93. The van der Waals surface area contributed by atoms with E-state index in [1.165, 1.54) is 22.7 Å². The number of benzene rings is 3. The third kappa shape index (κ3) is 5.76. The van der Waals surface area contributed by atoms with Crippen LogP contribution in [0.3, 0.4) is 0 Å². The van der Waals surface area contributed by atoms with Gasteiger partial charge in [0.05, 0.1) is 17.7 Å². The lowest BCUT2D eigenvalue weighted by Gasteiger charge is -2.21. The zero-order chi connectivity index (χ0) is 23.1. The fourth-order valence-electron chi connectivity index (χ4n) is 3.29. The van der Waals surface area contributed by atoms with Crippen molar-refractivity contribution in [2.75, 3.05) is 19.9 Å². The average Bonchev–Trinajstić information content (AvgIpc) is 3.31. The van der Waals surface area contributed by atoms with Crippen LogP contribution in [0.5, 0.6) is 11.5 Å². The molecule has 0 spiro atoms. The minimum atomic E-state index is -3.86. The molecule has 0 unspecified atom stereocenters. The number of nitrogens with zero attached hydrogens (tertiary/aromatic N) is 2. The van der Waals surface area contributed by atoms with Crippen molar-refractivity contribution < 1.29 is 22.7 Å². The van der Waals surface area contributed by atoms with E-state index >= 15 is 0 Å². The molecule has 33 heavy (non-hydrogen) atoms. The van der Waals surface area contributed by atoms with Crippen LogP contribution in [-0.4, -0.2) is 44.7 Å². The summed E-state index contributed by atoms with van der Waals surface area (Å²) in [5, 5.41) is 3.95. The lowest BCUT2D eigenvalue weighted by molar-refractivity contribution is -0.121. The zero-order valence-corrected chi connectivity index (χ0v) is 18.6. The maximum Gasteiger partial charge on any atom is 0.255 e. The van der Waals surface area contributed by atoms with Gasteiger partial charge in [-0.2, -0.15) is 9.41 Å². The highest BCUT2D eigenvalue weighted by Gasteiger charge is 2.26. The molecule has 3 aromatic carbocycles. The second-order valence-corrected chi connectivity index (χ2v) is 9.23. The van der Waals surface area contributed by atoms with Crippen LogP contribution in [0.1, 0.15) is 11.1 Å². The third-order valence-electron chi connectivity index (χ3n) is 4.99. The van der Waals surface area contributed by atoms with Crippen LogP contribution in [0.15, 0.2) is 88.9 Å². The molecule has 0 aliphatic carbocycles. The molecule has 4 rings (SSSR count). The summed E-state index contributed by atoms with van der Waals surface area (Å²) in [7, 11) is -3.86. The SMILES string of the molecule is O=C(CN(CCc1ccccc1)S(=O)(=O)c1ccccc1)N/N=C/c1ccc2c(c1)OCO2. The molecule has 0 saturated heterocycles. The number of ether oxygens (including phenoxy) is 2. The van der Waals surface area contributed by atoms with Crippen molar-refractivity contribution in [1.29, 1.82) is 0 Å². The summed E-state index contributed by atoms with van der Waals surface area (Å²) < 4.78 is 38.1. The van der Waals surface area contributed by atoms with Crippen LogP contribution >= 0.6 is 0 Å². The lowest BCUT2D eigenvalue weighted by Crippen LogP contribution is -2.40. The maximum absolute atomic E-state index is 13.2. The highest BCUT2D eigenvalue weighted by molar-refractivity contribution is 7.89. The smallest absolute Gasteiger partial charge is 0.255 e. The Kier molecular flexibility index (Phi) is 7.01. The molecular formula is C24H23N3O5S. The molecule has 0 radical (unpaired) electrons. The van der Waals surface area contributed by atoms with E-state index in [2.05, 4.69) is 10.5 Å². The number of sulfonamides is 1. The first-order chi connectivity index (χ1) is 16.0. The summed E-state index contributed by atoms with van der Waals surface area (Å²) >= 11 is 0. The first kappa shape index (κ1) is 22.5. The predicted molar refractivity (Wildman–Crippen MR) is 124 cm³/mol. The molecule has 0 saturated carbocycles. The van der Waals surface area contributed by atoms with Gasteiger partial charge in [0.25, 0.3) is 5.91 Å². The Morgan fingerprint density at radius 3 is 2.42 bits per heavy atom. The summed E-state index contributed by atoms with van der Waals surface area (Å²) in [6.45, 7) is -0.0373. The molecule has 0 bridgehead atoms. The number of hydrogen-bond donors (Lipinski definition) is 1. The van der Waals surface area contributed by atoms with Crippen LogP contribution < -0.4 is 14.9 Å². The van der Waals surface area contributed by atoms with Gasteiger partial charge in [-0.3, -0.25) is 4.79 Å². The number of hydrazone groups is 1. The van der Waals surface area contributed by atoms with Crippen LogP contribution in [-0.2, 0) is 21.2 Å². The lowest BCUT2D eigenvalue weighted by atomic mass is 10.1. The summed E-state index contributed by atoms with van der Waals surface area (Å²) in [5.74, 6) is 0.710. The largest absolute Gasteiger partial charge is 0.454 e. The van der Waals surface area contributed by atoms with Gasteiger partial charge in [0.2, 0.25) is 16.8 Å². The van der Waals surface area contributed by atoms with Crippen molar-refractivity contribution >= 4 is 22.1 Å². The van der Waals surface area contributed by atoms with E-state index < -0.39 is 15.9 Å². The number of carbonyl (C=O) groups excluding carboxylic acids is 1. The minimum Gasteiger partial charge on any atom is -0.454 e. The normalized spacial score (nSPS) is 12.9. The second-order valence-electron chi connectivity index (χ2n) is 7.29. The van der Waals surface area contributed by atoms with Crippen molar-refractivity contribution in [3.8, 4) is 11.5 Å². The van der Waals surface area contributed by atoms with Crippen molar-refractivity contribution in [2.45, 2.75) is 11.3 Å². The molecule has 1 aliphatic rings. The minimum absolute atomic E-state index is 0.134. The molecule has 0 fully saturated rings. The van der Waals surface area contributed by atoms with Crippen molar-refractivity contribution in [3.63, 3.8) is 0 Å². The first-order valence-electron chi connectivity index (χ1n) is 10.3. The number of carbonyl (C=O) groups is 1. The van der Waals surface area contributed by atoms with Crippen LogP contribution in [0, 0.1) is 0 Å². The van der Waals surface area contributed by atoms with Gasteiger partial charge in [-0.25, -0.2) is 13.8 Å². The van der Waals surface area contributed by atoms with Gasteiger partial charge in [0.15, 0.2) is 11.5 Å². The highest BCUT2D eigenvalue weighted by Crippen LogP contribution is 2.31. The van der Waals surface area contributed by atoms with E-state index in [9.17, 15) is 13.2 Å². The summed E-state index contributed by atoms with van der Waals surface area (Å²) in [4.78, 5) is 12.7. The number of nitrogens with one attached hydrogen (secondary N) is 1. The van der Waals surface area contributed by atoms with E-state index in [4.69, 9.17) is 9.47 Å². The van der Waals surface area contributed by atoms with Crippen molar-refractivity contribution in [3.05, 3.63) is 90.0 Å². The molecule has 1 N–H and O–H groups in total. The van der Waals surface area contributed by atoms with Gasteiger partial charge in [-0.1, -0.05) is 48.5 Å². The number of fused-ring (bicyclic) bond motifs is 1. The Balaban J connectivity index is 1.44. The van der Waals surface area contributed by atoms with Gasteiger partial charge in [0.1, 0.15) is 0 Å². The van der Waals surface area contributed by atoms with Gasteiger partial charge in [-0.05, 0) is 47.9 Å². The molecule has 3 aromatic rings. The van der Waals surface area contributed by atoms with Gasteiger partial charge < -0.3 is 9.47 Å². The molecular weight excluding hydrogens is 442 g/mol. The molecule has 0 atom stereocenters. The third-order valence-corrected chi connectivity index (χ3v) is 6.85. The van der Waals surface area contributed by atoms with Crippen molar-refractivity contribution in [2.24, 2.45) is 5.10 Å². The monoisotopic (exact) mass is 465 g/mol. The fourth-order valence-corrected chi connectivity index (χ4v) is 4.71. The van der Waals surface area contributed by atoms with Crippen molar-refractivity contribution in [1.82, 2.24) is 9.73 Å². The van der Waals surface area contributed by atoms with E-state index in [1.807, 2.05) is 30.3 Å². The maximum atomic E-state index is 13.2. The van der Waals surface area contributed by atoms with Crippen LogP contribution in [0.25, 0.3) is 0 Å². The fraction of sp³-hybridized carbons (Fsp3) is 0.167. The van der Waals surface area contributed by atoms with Gasteiger partial charge in [-0.15, -0.1) is 0 Å². The summed E-state index contributed by atoms with van der Waals surface area (Å²) in [5.41, 5.74) is 4.09. The molecule has 1 heterocycles. The van der Waals surface area contributed by atoms with E-state index in [0.717, 1.165) is 5.56 Å². The Morgan fingerprint density at radius 1 is 0.970 bits per heavy atom. The number of amides is 1. The second kappa shape index (κ2) is 10.3. The van der Waals surface area contributed by atoms with E-state index in [1.54, 1.807) is 36.4 Å². The zero-order valence-electron chi connectivity index (χ0n) is 17.8. The van der Waals surface area contributed by atoms with E-state index in [-0.39, 0.29) is 24.8 Å². The molecule has 8 nitrogen and oxygen atoms in total. The topological polar surface area (TPSA) is 97.3 Å². The number of rotatable bonds is 9. The highest BCUT2D eigenvalue weighted by atomic mass is 32.2. The van der Waals surface area contributed by atoms with Crippen LogP contribution in [0.4, 0.5) is 0 Å².